The van der Waals surface area contributed by atoms with Crippen molar-refractivity contribution in [3.63, 3.8) is 0 Å². The van der Waals surface area contributed by atoms with Crippen LogP contribution in [0.4, 0.5) is 0 Å². The van der Waals surface area contributed by atoms with Gasteiger partial charge in [-0.1, -0.05) is 45.4 Å². The fraction of sp³-hybridized carbons (Fsp3) is 0.643. The first kappa shape index (κ1) is 14.7. The number of hydrogen-bond acceptors (Lipinski definition) is 2. The highest BCUT2D eigenvalue weighted by Gasteiger charge is 1.95. The zero-order valence-electron chi connectivity index (χ0n) is 10.6. The van der Waals surface area contributed by atoms with E-state index in [0.29, 0.717) is 0 Å². The molecule has 1 rings (SSSR count). The fourth-order valence-corrected chi connectivity index (χ4v) is 2.00. The molecule has 0 radical (unpaired) electrons. The molecule has 3 heteroatoms. The molecule has 0 amide bonds. The molecule has 96 valence electrons. The van der Waals surface area contributed by atoms with Gasteiger partial charge in [-0.3, -0.25) is 0 Å². The maximum absolute atomic E-state index is 5.57. The molecule has 1 aromatic rings. The molecule has 0 unspecified atom stereocenters. The molecular weight excluding hydrogens is 325 g/mol. The van der Waals surface area contributed by atoms with E-state index in [9.17, 15) is 0 Å². The Bertz CT molecular complexity index is 287. The van der Waals surface area contributed by atoms with E-state index in [4.69, 9.17) is 4.74 Å². The van der Waals surface area contributed by atoms with E-state index < -0.39 is 0 Å². The molecule has 0 saturated heterocycles. The zero-order chi connectivity index (χ0) is 12.3. The van der Waals surface area contributed by atoms with Crippen LogP contribution in [0, 0.1) is 3.57 Å². The number of ether oxygens (including phenoxy) is 1. The van der Waals surface area contributed by atoms with E-state index in [0.717, 1.165) is 22.5 Å². The number of rotatable bonds is 9. The lowest BCUT2D eigenvalue weighted by Gasteiger charge is -2.05. The van der Waals surface area contributed by atoms with Gasteiger partial charge in [0.15, 0.2) is 0 Å². The first-order valence-electron chi connectivity index (χ1n) is 6.57. The average Bonchev–Trinajstić information content (AvgIpc) is 2.35. The Morgan fingerprint density at radius 2 is 1.76 bits per heavy atom. The van der Waals surface area contributed by atoms with E-state index in [1.165, 1.54) is 38.5 Å². The van der Waals surface area contributed by atoms with Crippen molar-refractivity contribution in [3.8, 4) is 5.88 Å². The van der Waals surface area contributed by atoms with Crippen LogP contribution in [0.15, 0.2) is 18.3 Å². The number of aromatic nitrogens is 1. The quantitative estimate of drug-likeness (QED) is 0.472. The molecule has 1 heterocycles. The maximum Gasteiger partial charge on any atom is 0.213 e. The molecule has 17 heavy (non-hydrogen) atoms. The van der Waals surface area contributed by atoms with Crippen LogP contribution in [0.2, 0.25) is 0 Å². The van der Waals surface area contributed by atoms with Crippen molar-refractivity contribution >= 4 is 22.6 Å². The highest BCUT2D eigenvalue weighted by atomic mass is 127. The van der Waals surface area contributed by atoms with Crippen LogP contribution < -0.4 is 4.74 Å². The molecule has 0 aromatic carbocycles. The third-order valence-electron chi connectivity index (χ3n) is 2.70. The Morgan fingerprint density at radius 1 is 1.06 bits per heavy atom. The van der Waals surface area contributed by atoms with Crippen molar-refractivity contribution in [2.45, 2.75) is 51.9 Å². The van der Waals surface area contributed by atoms with Crippen molar-refractivity contribution in [2.75, 3.05) is 6.61 Å². The van der Waals surface area contributed by atoms with Crippen LogP contribution in [0.5, 0.6) is 5.88 Å². The van der Waals surface area contributed by atoms with Crippen LogP contribution >= 0.6 is 22.6 Å². The van der Waals surface area contributed by atoms with E-state index >= 15 is 0 Å². The largest absolute Gasteiger partial charge is 0.478 e. The minimum absolute atomic E-state index is 0.747. The van der Waals surface area contributed by atoms with Crippen LogP contribution in [0.25, 0.3) is 0 Å². The molecule has 1 aromatic heterocycles. The van der Waals surface area contributed by atoms with Gasteiger partial charge >= 0.3 is 0 Å². The second-order valence-electron chi connectivity index (χ2n) is 4.28. The Labute approximate surface area is 118 Å². The monoisotopic (exact) mass is 347 g/mol. The highest BCUT2D eigenvalue weighted by molar-refractivity contribution is 14.1. The number of unbranched alkanes of at least 4 members (excludes halogenated alkanes) is 6. The fourth-order valence-electron chi connectivity index (χ4n) is 1.68. The topological polar surface area (TPSA) is 22.1 Å². The lowest BCUT2D eigenvalue weighted by atomic mass is 10.1. The molecule has 0 aliphatic heterocycles. The number of pyridine rings is 1. The summed E-state index contributed by atoms with van der Waals surface area (Å²) in [6.07, 6.45) is 11.0. The van der Waals surface area contributed by atoms with E-state index in [1.807, 2.05) is 18.3 Å². The van der Waals surface area contributed by atoms with Gasteiger partial charge in [-0.2, -0.15) is 0 Å². The van der Waals surface area contributed by atoms with Gasteiger partial charge in [0.25, 0.3) is 0 Å². The molecular formula is C14H22INO. The molecule has 0 spiro atoms. The van der Waals surface area contributed by atoms with Crippen molar-refractivity contribution in [3.05, 3.63) is 21.9 Å². The maximum atomic E-state index is 5.57. The Morgan fingerprint density at radius 3 is 2.41 bits per heavy atom. The average molecular weight is 347 g/mol. The van der Waals surface area contributed by atoms with Crippen LogP contribution in [-0.4, -0.2) is 11.6 Å². The number of nitrogens with zero attached hydrogens (tertiary/aromatic N) is 1. The summed E-state index contributed by atoms with van der Waals surface area (Å²) in [7, 11) is 0. The smallest absolute Gasteiger partial charge is 0.213 e. The van der Waals surface area contributed by atoms with Crippen LogP contribution in [0.1, 0.15) is 51.9 Å². The SMILES string of the molecule is CCCCCCCCCOc1ccc(I)cn1. The van der Waals surface area contributed by atoms with Gasteiger partial charge in [-0.25, -0.2) is 4.98 Å². The van der Waals surface area contributed by atoms with Gasteiger partial charge < -0.3 is 4.74 Å². The summed E-state index contributed by atoms with van der Waals surface area (Å²) in [6, 6.07) is 3.96. The van der Waals surface area contributed by atoms with E-state index in [1.54, 1.807) is 0 Å². The standard InChI is InChI=1S/C14H22INO/c1-2-3-4-5-6-7-8-11-17-14-10-9-13(15)12-16-14/h9-10,12H,2-8,11H2,1H3. The Kier molecular flexibility index (Phi) is 8.40. The summed E-state index contributed by atoms with van der Waals surface area (Å²) in [4.78, 5) is 4.21. The zero-order valence-corrected chi connectivity index (χ0v) is 12.8. The van der Waals surface area contributed by atoms with Crippen molar-refractivity contribution in [2.24, 2.45) is 0 Å². The molecule has 0 aliphatic carbocycles. The Hall–Kier alpha value is -0.320. The molecule has 0 aliphatic rings. The molecule has 0 bridgehead atoms. The normalized spacial score (nSPS) is 10.5. The first-order chi connectivity index (χ1) is 8.33. The predicted octanol–water partition coefficient (Wildman–Crippen LogP) is 4.82. The third kappa shape index (κ3) is 7.58. The number of halogens is 1. The first-order valence-corrected chi connectivity index (χ1v) is 7.65. The summed E-state index contributed by atoms with van der Waals surface area (Å²) >= 11 is 2.25. The van der Waals surface area contributed by atoms with Crippen LogP contribution in [0.3, 0.4) is 0 Å². The third-order valence-corrected chi connectivity index (χ3v) is 3.34. The van der Waals surface area contributed by atoms with Crippen molar-refractivity contribution in [1.82, 2.24) is 4.98 Å². The minimum Gasteiger partial charge on any atom is -0.478 e. The van der Waals surface area contributed by atoms with Gasteiger partial charge in [-0.05, 0) is 35.1 Å². The summed E-state index contributed by atoms with van der Waals surface area (Å²) in [5.74, 6) is 0.747. The second kappa shape index (κ2) is 9.68. The summed E-state index contributed by atoms with van der Waals surface area (Å²) in [6.45, 7) is 3.04. The van der Waals surface area contributed by atoms with E-state index in [-0.39, 0.29) is 0 Å². The van der Waals surface area contributed by atoms with Crippen molar-refractivity contribution < 1.29 is 4.74 Å². The molecule has 0 fully saturated rings. The molecule has 0 saturated carbocycles. The lowest BCUT2D eigenvalue weighted by Crippen LogP contribution is -1.98. The second-order valence-corrected chi connectivity index (χ2v) is 5.53. The summed E-state index contributed by atoms with van der Waals surface area (Å²) in [5.41, 5.74) is 0. The van der Waals surface area contributed by atoms with Gasteiger partial charge in [0, 0.05) is 15.8 Å². The predicted molar refractivity (Wildman–Crippen MR) is 80.4 cm³/mol. The summed E-state index contributed by atoms with van der Waals surface area (Å²) < 4.78 is 6.72. The molecule has 0 N–H and O–H groups in total. The van der Waals surface area contributed by atoms with Gasteiger partial charge in [0.05, 0.1) is 6.61 Å². The summed E-state index contributed by atoms with van der Waals surface area (Å²) in [5, 5.41) is 0. The molecule has 2 nitrogen and oxygen atoms in total. The molecule has 0 atom stereocenters. The van der Waals surface area contributed by atoms with Gasteiger partial charge in [0.1, 0.15) is 0 Å². The number of hydrogen-bond donors (Lipinski definition) is 0. The lowest BCUT2D eigenvalue weighted by molar-refractivity contribution is 0.293. The minimum atomic E-state index is 0.747. The van der Waals surface area contributed by atoms with Crippen molar-refractivity contribution in [1.29, 1.82) is 0 Å². The Balaban J connectivity index is 1.95. The van der Waals surface area contributed by atoms with Crippen LogP contribution in [-0.2, 0) is 0 Å². The highest BCUT2D eigenvalue weighted by Crippen LogP contribution is 2.11. The van der Waals surface area contributed by atoms with Gasteiger partial charge in [0.2, 0.25) is 5.88 Å². The van der Waals surface area contributed by atoms with Gasteiger partial charge in [-0.15, -0.1) is 0 Å². The van der Waals surface area contributed by atoms with E-state index in [2.05, 4.69) is 34.5 Å².